The van der Waals surface area contributed by atoms with Crippen LogP contribution in [0.15, 0.2) is 182 Å². The summed E-state index contributed by atoms with van der Waals surface area (Å²) < 4.78 is 34.0. The van der Waals surface area contributed by atoms with Gasteiger partial charge in [-0.05, 0) is 46.5 Å². The van der Waals surface area contributed by atoms with Crippen LogP contribution in [0, 0.1) is 0 Å². The van der Waals surface area contributed by atoms with Gasteiger partial charge in [0.15, 0.2) is 25.9 Å². The lowest BCUT2D eigenvalue weighted by Crippen LogP contribution is -2.23. The van der Waals surface area contributed by atoms with E-state index in [1.165, 1.54) is 0 Å². The van der Waals surface area contributed by atoms with Crippen LogP contribution in [0.5, 0.6) is 0 Å². The normalized spacial score (nSPS) is 17.4. The summed E-state index contributed by atoms with van der Waals surface area (Å²) in [5.41, 5.74) is 6.10. The van der Waals surface area contributed by atoms with Crippen molar-refractivity contribution < 1.29 is 9.13 Å². The van der Waals surface area contributed by atoms with Crippen LogP contribution in [0.2, 0.25) is 0 Å². The molecule has 6 aromatic carbocycles. The van der Waals surface area contributed by atoms with Gasteiger partial charge in [-0.1, -0.05) is 146 Å². The van der Waals surface area contributed by atoms with Crippen LogP contribution >= 0.6 is 14.3 Å². The summed E-state index contributed by atoms with van der Waals surface area (Å²) in [4.78, 5) is 25.5. The van der Waals surface area contributed by atoms with E-state index in [9.17, 15) is 0 Å². The highest BCUT2D eigenvalue weighted by Gasteiger charge is 2.44. The molecule has 0 amide bonds. The van der Waals surface area contributed by atoms with Crippen LogP contribution in [-0.2, 0) is 9.13 Å². The molecule has 2 unspecified atom stereocenters. The minimum atomic E-state index is -3.44. The average molecular weight is 797 g/mol. The second-order valence-electron chi connectivity index (χ2n) is 14.7. The molecule has 8 nitrogen and oxygen atoms in total. The van der Waals surface area contributed by atoms with Crippen molar-refractivity contribution in [2.75, 3.05) is 0 Å². The van der Waals surface area contributed by atoms with Gasteiger partial charge in [0.05, 0.1) is 0 Å². The minimum Gasteiger partial charge on any atom is -0.309 e. The fourth-order valence-electron chi connectivity index (χ4n) is 9.13. The molecule has 0 N–H and O–H groups in total. The molecule has 2 aliphatic rings. The van der Waals surface area contributed by atoms with E-state index >= 15 is 9.13 Å². The predicted molar refractivity (Wildman–Crippen MR) is 237 cm³/mol. The van der Waals surface area contributed by atoms with Gasteiger partial charge >= 0.3 is 0 Å². The maximum atomic E-state index is 16.1. The molecule has 2 aliphatic heterocycles. The molecular weight excluding hydrogens is 767 g/mol. The van der Waals surface area contributed by atoms with Crippen molar-refractivity contribution in [2.24, 2.45) is 0 Å². The van der Waals surface area contributed by atoms with Crippen molar-refractivity contribution in [1.29, 1.82) is 0 Å². The fourth-order valence-corrected chi connectivity index (χ4v) is 15.6. The Bertz CT molecular complexity index is 3250. The van der Waals surface area contributed by atoms with E-state index in [2.05, 4.69) is 0 Å². The summed E-state index contributed by atoms with van der Waals surface area (Å²) in [6, 6.07) is 55.0. The maximum absolute atomic E-state index is 16.1. The molecule has 0 aliphatic carbocycles. The molecule has 10 aromatic rings. The van der Waals surface area contributed by atoms with Crippen molar-refractivity contribution in [3.63, 3.8) is 0 Å². The van der Waals surface area contributed by atoms with Crippen LogP contribution in [-0.4, -0.2) is 29.5 Å². The standard InChI is InChI=1S/C49H30N6O2P2/c56-58(31-15-3-1-4-16-31)41-27-9-7-19-33(41)35-21-11-23-39(43(35)58)45-52-46(54-49(53-45)55-47-37(25-13-29-50-47)38-26-14-30-51-48(38)55)40-24-12-22-36-34-20-8-10-28-42(34)59(57,44(36)40)32-17-5-2-6-18-32/h1-30H. The number of pyridine rings is 2. The summed E-state index contributed by atoms with van der Waals surface area (Å²) in [5.74, 6) is 0.943. The maximum Gasteiger partial charge on any atom is 0.241 e. The van der Waals surface area contributed by atoms with E-state index < -0.39 is 14.3 Å². The summed E-state index contributed by atoms with van der Waals surface area (Å²) >= 11 is 0. The van der Waals surface area contributed by atoms with Gasteiger partial charge in [-0.2, -0.15) is 9.97 Å². The second-order valence-corrected chi connectivity index (χ2v) is 20.0. The Morgan fingerprint density at radius 3 is 1.25 bits per heavy atom. The Hall–Kier alpha value is -7.11. The second kappa shape index (κ2) is 12.7. The van der Waals surface area contributed by atoms with Gasteiger partial charge in [0, 0.05) is 66.1 Å². The van der Waals surface area contributed by atoms with Gasteiger partial charge in [0.25, 0.3) is 0 Å². The lowest BCUT2D eigenvalue weighted by Gasteiger charge is -2.20. The number of hydrogen-bond acceptors (Lipinski definition) is 7. The molecule has 4 aromatic heterocycles. The van der Waals surface area contributed by atoms with Crippen molar-refractivity contribution in [1.82, 2.24) is 29.5 Å². The largest absolute Gasteiger partial charge is 0.309 e. The Morgan fingerprint density at radius 1 is 0.373 bits per heavy atom. The van der Waals surface area contributed by atoms with Crippen molar-refractivity contribution in [3.05, 3.63) is 182 Å². The van der Waals surface area contributed by atoms with Crippen LogP contribution in [0.3, 0.4) is 0 Å². The van der Waals surface area contributed by atoms with Gasteiger partial charge in [0.1, 0.15) is 11.3 Å². The molecule has 2 atom stereocenters. The van der Waals surface area contributed by atoms with Crippen molar-refractivity contribution in [2.45, 2.75) is 0 Å². The number of hydrogen-bond donors (Lipinski definition) is 0. The quantitative estimate of drug-likeness (QED) is 0.162. The van der Waals surface area contributed by atoms with E-state index in [1.807, 2.05) is 174 Å². The van der Waals surface area contributed by atoms with Crippen LogP contribution in [0.1, 0.15) is 0 Å². The molecule has 0 fully saturated rings. The molecule has 0 radical (unpaired) electrons. The summed E-state index contributed by atoms with van der Waals surface area (Å²) in [5, 5.41) is 6.16. The SMILES string of the molecule is O=P1(c2ccccc2)c2ccccc2-c2cccc(-c3nc(-c4cccc5c4P(=O)(c4ccccc4)c4ccccc4-5)nc(-n4c5ncccc5c5cccnc54)n3)c21. The number of aromatic nitrogens is 6. The third-order valence-corrected chi connectivity index (χ3v) is 18.0. The van der Waals surface area contributed by atoms with Crippen LogP contribution in [0.4, 0.5) is 0 Å². The molecule has 0 spiro atoms. The molecular formula is C49H30N6O2P2. The first kappa shape index (κ1) is 34.0. The van der Waals surface area contributed by atoms with E-state index in [0.717, 1.165) is 54.2 Å². The highest BCUT2D eigenvalue weighted by atomic mass is 31.2. The summed E-state index contributed by atoms with van der Waals surface area (Å²) in [7, 11) is -6.87. The summed E-state index contributed by atoms with van der Waals surface area (Å²) in [6.45, 7) is 0. The van der Waals surface area contributed by atoms with E-state index in [0.29, 0.717) is 44.7 Å². The van der Waals surface area contributed by atoms with Gasteiger partial charge in [-0.15, -0.1) is 0 Å². The van der Waals surface area contributed by atoms with E-state index in [1.54, 1.807) is 12.4 Å². The van der Waals surface area contributed by atoms with Gasteiger partial charge in [0.2, 0.25) is 5.95 Å². The lowest BCUT2D eigenvalue weighted by atomic mass is 10.0. The number of benzene rings is 6. The monoisotopic (exact) mass is 796 g/mol. The van der Waals surface area contributed by atoms with Gasteiger partial charge in [-0.25, -0.2) is 19.5 Å². The molecule has 12 rings (SSSR count). The van der Waals surface area contributed by atoms with Gasteiger partial charge in [-0.3, -0.25) is 0 Å². The molecule has 0 saturated heterocycles. The van der Waals surface area contributed by atoms with Gasteiger partial charge < -0.3 is 9.13 Å². The molecule has 59 heavy (non-hydrogen) atoms. The Balaban J connectivity index is 1.20. The third kappa shape index (κ3) is 4.70. The zero-order valence-electron chi connectivity index (χ0n) is 31.2. The third-order valence-electron chi connectivity index (χ3n) is 11.6. The molecule has 0 saturated carbocycles. The molecule has 6 heterocycles. The Kier molecular flexibility index (Phi) is 7.31. The first-order valence-electron chi connectivity index (χ1n) is 19.3. The minimum absolute atomic E-state index is 0.285. The Labute approximate surface area is 338 Å². The van der Waals surface area contributed by atoms with Crippen molar-refractivity contribution in [3.8, 4) is 51.0 Å². The number of nitrogens with zero attached hydrogens (tertiary/aromatic N) is 6. The highest BCUT2D eigenvalue weighted by Crippen LogP contribution is 2.56. The summed E-state index contributed by atoms with van der Waals surface area (Å²) in [6.07, 6.45) is 3.49. The molecule has 0 bridgehead atoms. The van der Waals surface area contributed by atoms with E-state index in [4.69, 9.17) is 24.9 Å². The molecule has 278 valence electrons. The van der Waals surface area contributed by atoms with Crippen LogP contribution < -0.4 is 31.8 Å². The zero-order chi connectivity index (χ0) is 39.3. The smallest absolute Gasteiger partial charge is 0.241 e. The van der Waals surface area contributed by atoms with E-state index in [-0.39, 0.29) is 5.95 Å². The van der Waals surface area contributed by atoms with Crippen molar-refractivity contribution >= 4 is 68.2 Å². The van der Waals surface area contributed by atoms with Crippen LogP contribution in [0.25, 0.3) is 73.0 Å². The Morgan fingerprint density at radius 2 is 0.780 bits per heavy atom. The highest BCUT2D eigenvalue weighted by molar-refractivity contribution is 7.87. The zero-order valence-corrected chi connectivity index (χ0v) is 33.0. The molecule has 10 heteroatoms. The first-order chi connectivity index (χ1) is 29.0. The lowest BCUT2D eigenvalue weighted by molar-refractivity contribution is 0.592. The average Bonchev–Trinajstić information content (AvgIpc) is 3.89. The number of fused-ring (bicyclic) bond motifs is 9. The predicted octanol–water partition coefficient (Wildman–Crippen LogP) is 8.33. The fraction of sp³-hybridized carbons (Fsp3) is 0. The topological polar surface area (TPSA) is 104 Å². The first-order valence-corrected chi connectivity index (χ1v) is 22.7. The number of rotatable bonds is 5.